The number of carbonyl (C=O) groups excluding carboxylic acids is 1. The molecule has 0 bridgehead atoms. The highest BCUT2D eigenvalue weighted by molar-refractivity contribution is 14.0. The van der Waals surface area contributed by atoms with Gasteiger partial charge in [-0.25, -0.2) is 4.79 Å². The van der Waals surface area contributed by atoms with E-state index in [9.17, 15) is 4.79 Å². The minimum atomic E-state index is -0.437. The second kappa shape index (κ2) is 14.5. The molecule has 2 aliphatic rings. The summed E-state index contributed by atoms with van der Waals surface area (Å²) in [7, 11) is 3.62. The van der Waals surface area contributed by atoms with Gasteiger partial charge in [0.2, 0.25) is 0 Å². The minimum absolute atomic E-state index is 0. The first-order valence-electron chi connectivity index (χ1n) is 11.9. The number of hydrogen-bond acceptors (Lipinski definition) is 5. The van der Waals surface area contributed by atoms with Crippen LogP contribution in [0.4, 0.5) is 4.79 Å². The summed E-state index contributed by atoms with van der Waals surface area (Å²) in [5.74, 6) is 0.887. The largest absolute Gasteiger partial charge is 0.444 e. The lowest BCUT2D eigenvalue weighted by molar-refractivity contribution is 0.0145. The van der Waals surface area contributed by atoms with E-state index < -0.39 is 5.60 Å². The molecule has 2 N–H and O–H groups in total. The molecule has 0 spiro atoms. The highest BCUT2D eigenvalue weighted by Crippen LogP contribution is 2.40. The number of rotatable bonds is 9. The van der Waals surface area contributed by atoms with Gasteiger partial charge in [-0.1, -0.05) is 12.8 Å². The number of nitrogens with one attached hydrogen (secondary N) is 2. The second-order valence-electron chi connectivity index (χ2n) is 9.97. The van der Waals surface area contributed by atoms with Crippen LogP contribution >= 0.6 is 24.0 Å². The van der Waals surface area contributed by atoms with Gasteiger partial charge in [0.15, 0.2) is 5.96 Å². The molecule has 0 radical (unpaired) electrons. The molecule has 188 valence electrons. The van der Waals surface area contributed by atoms with Crippen molar-refractivity contribution < 1.29 is 14.3 Å². The molecular weight excluding hydrogens is 521 g/mol. The Hall–Kier alpha value is -0.810. The Morgan fingerprint density at radius 3 is 2.31 bits per heavy atom. The predicted octanol–water partition coefficient (Wildman–Crippen LogP) is 3.31. The number of nitrogens with zero attached hydrogens (tertiary/aromatic N) is 3. The zero-order chi connectivity index (χ0) is 22.7. The van der Waals surface area contributed by atoms with Crippen LogP contribution in [0.3, 0.4) is 0 Å². The topological polar surface area (TPSA) is 78.4 Å². The lowest BCUT2D eigenvalue weighted by Gasteiger charge is -2.35. The van der Waals surface area contributed by atoms with E-state index in [0.29, 0.717) is 5.41 Å². The zero-order valence-corrected chi connectivity index (χ0v) is 23.2. The molecule has 1 heterocycles. The monoisotopic (exact) mass is 567 g/mol. The van der Waals surface area contributed by atoms with Crippen LogP contribution in [0.5, 0.6) is 0 Å². The van der Waals surface area contributed by atoms with E-state index >= 15 is 0 Å². The van der Waals surface area contributed by atoms with E-state index in [0.717, 1.165) is 71.2 Å². The summed E-state index contributed by atoms with van der Waals surface area (Å²) in [6, 6.07) is 0. The third-order valence-electron chi connectivity index (χ3n) is 6.32. The number of methoxy groups -OCH3 is 1. The molecule has 2 rings (SSSR count). The molecule has 9 heteroatoms. The molecule has 0 aromatic rings. The van der Waals surface area contributed by atoms with Crippen molar-refractivity contribution in [1.29, 1.82) is 0 Å². The van der Waals surface area contributed by atoms with E-state index in [1.54, 1.807) is 7.11 Å². The normalized spacial score (nSPS) is 19.4. The van der Waals surface area contributed by atoms with Crippen molar-refractivity contribution in [1.82, 2.24) is 20.4 Å². The van der Waals surface area contributed by atoms with Crippen LogP contribution < -0.4 is 10.6 Å². The van der Waals surface area contributed by atoms with Gasteiger partial charge in [-0.15, -0.1) is 24.0 Å². The maximum Gasteiger partial charge on any atom is 0.410 e. The second-order valence-corrected chi connectivity index (χ2v) is 9.97. The molecular formula is C23H46IN5O3. The Morgan fingerprint density at radius 1 is 1.09 bits per heavy atom. The lowest BCUT2D eigenvalue weighted by Crippen LogP contribution is -2.50. The van der Waals surface area contributed by atoms with Crippen molar-refractivity contribution in [2.24, 2.45) is 10.4 Å². The lowest BCUT2D eigenvalue weighted by atomic mass is 9.83. The fraction of sp³-hybridized carbons (Fsp3) is 0.913. The highest BCUT2D eigenvalue weighted by atomic mass is 127. The Morgan fingerprint density at radius 2 is 1.75 bits per heavy atom. The summed E-state index contributed by atoms with van der Waals surface area (Å²) in [5, 5.41) is 7.00. The van der Waals surface area contributed by atoms with E-state index in [1.807, 2.05) is 32.7 Å². The Bertz CT molecular complexity index is 568. The van der Waals surface area contributed by atoms with Crippen molar-refractivity contribution in [3.8, 4) is 0 Å². The molecule has 1 saturated carbocycles. The average Bonchev–Trinajstić information content (AvgIpc) is 3.20. The molecule has 0 aromatic carbocycles. The molecule has 0 unspecified atom stereocenters. The van der Waals surface area contributed by atoms with Crippen molar-refractivity contribution in [3.05, 3.63) is 0 Å². The fourth-order valence-electron chi connectivity index (χ4n) is 4.44. The van der Waals surface area contributed by atoms with Gasteiger partial charge in [-0.05, 0) is 58.4 Å². The van der Waals surface area contributed by atoms with Gasteiger partial charge in [-0.3, -0.25) is 9.89 Å². The van der Waals surface area contributed by atoms with Crippen LogP contribution in [0.1, 0.15) is 59.3 Å². The maximum absolute atomic E-state index is 12.2. The molecule has 2 fully saturated rings. The van der Waals surface area contributed by atoms with E-state index in [2.05, 4.69) is 20.5 Å². The summed E-state index contributed by atoms with van der Waals surface area (Å²) in [6.45, 7) is 12.7. The molecule has 1 aliphatic carbocycles. The Labute approximate surface area is 212 Å². The highest BCUT2D eigenvalue weighted by Gasteiger charge is 2.33. The predicted molar refractivity (Wildman–Crippen MR) is 141 cm³/mol. The summed E-state index contributed by atoms with van der Waals surface area (Å²) < 4.78 is 10.8. The SMILES string of the molecule is CN=C(NCCCN1CCN(C(=O)OC(C)(C)C)CC1)NCC1(CCOC)CCCC1.I. The van der Waals surface area contributed by atoms with E-state index in [1.165, 1.54) is 25.7 Å². The van der Waals surface area contributed by atoms with Gasteiger partial charge in [-0.2, -0.15) is 0 Å². The number of guanidine groups is 1. The summed E-state index contributed by atoms with van der Waals surface area (Å²) in [5.41, 5.74) is -0.0882. The van der Waals surface area contributed by atoms with E-state index in [4.69, 9.17) is 9.47 Å². The minimum Gasteiger partial charge on any atom is -0.444 e. The number of hydrogen-bond donors (Lipinski definition) is 2. The summed E-state index contributed by atoms with van der Waals surface area (Å²) in [4.78, 5) is 20.8. The van der Waals surface area contributed by atoms with Gasteiger partial charge in [0, 0.05) is 60.0 Å². The number of aliphatic imine (C=N–C) groups is 1. The Balaban J connectivity index is 0.00000512. The Kier molecular flexibility index (Phi) is 13.2. The average molecular weight is 568 g/mol. The third kappa shape index (κ3) is 10.4. The molecule has 0 atom stereocenters. The van der Waals surface area contributed by atoms with Crippen molar-refractivity contribution in [2.45, 2.75) is 64.9 Å². The van der Waals surface area contributed by atoms with Crippen LogP contribution in [-0.4, -0.2) is 94.0 Å². The quantitative estimate of drug-likeness (QED) is 0.193. The summed E-state index contributed by atoms with van der Waals surface area (Å²) >= 11 is 0. The molecule has 1 saturated heterocycles. The van der Waals surface area contributed by atoms with Crippen LogP contribution in [0.25, 0.3) is 0 Å². The van der Waals surface area contributed by atoms with Crippen molar-refractivity contribution in [3.63, 3.8) is 0 Å². The van der Waals surface area contributed by atoms with Crippen LogP contribution in [0.2, 0.25) is 0 Å². The van der Waals surface area contributed by atoms with Crippen LogP contribution in [0, 0.1) is 5.41 Å². The molecule has 1 aliphatic heterocycles. The number of halogens is 1. The maximum atomic E-state index is 12.2. The van der Waals surface area contributed by atoms with Gasteiger partial charge in [0.25, 0.3) is 0 Å². The molecule has 1 amide bonds. The molecule has 0 aromatic heterocycles. The standard InChI is InChI=1S/C23H45N5O3.HI/c1-22(2,3)31-21(29)28-16-14-27(15-17-28)13-8-12-25-20(24-4)26-19-23(11-18-30-5)9-6-7-10-23;/h6-19H2,1-5H3,(H2,24,25,26);1H. The van der Waals surface area contributed by atoms with Gasteiger partial charge < -0.3 is 25.0 Å². The van der Waals surface area contributed by atoms with Crippen LogP contribution in [-0.2, 0) is 9.47 Å². The molecule has 32 heavy (non-hydrogen) atoms. The zero-order valence-electron chi connectivity index (χ0n) is 20.9. The first-order chi connectivity index (χ1) is 14.8. The fourth-order valence-corrected chi connectivity index (χ4v) is 4.44. The van der Waals surface area contributed by atoms with E-state index in [-0.39, 0.29) is 30.1 Å². The number of carbonyl (C=O) groups is 1. The summed E-state index contributed by atoms with van der Waals surface area (Å²) in [6.07, 6.45) is 7.14. The number of amides is 1. The van der Waals surface area contributed by atoms with Gasteiger partial charge >= 0.3 is 6.09 Å². The number of ether oxygens (including phenoxy) is 2. The van der Waals surface area contributed by atoms with Crippen molar-refractivity contribution >= 4 is 36.0 Å². The number of piperazine rings is 1. The third-order valence-corrected chi connectivity index (χ3v) is 6.32. The first-order valence-corrected chi connectivity index (χ1v) is 11.9. The van der Waals surface area contributed by atoms with Crippen molar-refractivity contribution in [2.75, 3.05) is 66.6 Å². The van der Waals surface area contributed by atoms with Crippen LogP contribution in [0.15, 0.2) is 4.99 Å². The van der Waals surface area contributed by atoms with Gasteiger partial charge in [0.05, 0.1) is 0 Å². The smallest absolute Gasteiger partial charge is 0.410 e. The first kappa shape index (κ1) is 29.2. The molecule has 8 nitrogen and oxygen atoms in total. The van der Waals surface area contributed by atoms with Gasteiger partial charge in [0.1, 0.15) is 5.60 Å².